The highest BCUT2D eigenvalue weighted by Gasteiger charge is 2.31. The predicted octanol–water partition coefficient (Wildman–Crippen LogP) is 10.9. The molecule has 0 unspecified atom stereocenters. The fourth-order valence-corrected chi connectivity index (χ4v) is 20.9. The predicted molar refractivity (Wildman–Crippen MR) is 219 cm³/mol. The normalized spacial score (nSPS) is 22.1. The maximum atomic E-state index is 9.09. The molecule has 4 bridgehead atoms. The third kappa shape index (κ3) is 15.2. The molecule has 19 heteroatoms. The van der Waals surface area contributed by atoms with Gasteiger partial charge in [0.15, 0.2) is 0 Å². The van der Waals surface area contributed by atoms with Crippen LogP contribution in [0.3, 0.4) is 0 Å². The molecule has 0 spiro atoms. The van der Waals surface area contributed by atoms with Crippen LogP contribution in [-0.2, 0) is 18.9 Å². The number of ether oxygens (including phenoxy) is 4. The Labute approximate surface area is 327 Å². The summed E-state index contributed by atoms with van der Waals surface area (Å²) in [6.07, 6.45) is 1.07. The Kier molecular flexibility index (Phi) is 22.0. The molecule has 0 saturated heterocycles. The molecule has 0 atom stereocenters. The highest BCUT2D eigenvalue weighted by molar-refractivity contribution is 8.45. The van der Waals surface area contributed by atoms with Crippen LogP contribution in [0.4, 0.5) is 0 Å². The number of hydrogen-bond donors (Lipinski definition) is 0. The Hall–Kier alpha value is 1.81. The van der Waals surface area contributed by atoms with Crippen molar-refractivity contribution in [3.05, 3.63) is 28.6 Å². The van der Waals surface area contributed by atoms with E-state index in [-0.39, 0.29) is 0 Å². The number of thioether (sulfide) groups is 10. The number of fused-ring (bicyclic) bond motifs is 5. The topological polar surface area (TPSA) is 84.5 Å². The molecule has 3 aliphatic rings. The molecular formula is C27H32N2O4S13. The van der Waals surface area contributed by atoms with Gasteiger partial charge in [-0.15, -0.1) is 93.2 Å². The van der Waals surface area contributed by atoms with Crippen molar-refractivity contribution in [1.82, 2.24) is 0 Å². The molecule has 0 saturated carbocycles. The van der Waals surface area contributed by atoms with Crippen molar-refractivity contribution in [3.63, 3.8) is 0 Å². The van der Waals surface area contributed by atoms with Crippen LogP contribution in [0.1, 0.15) is 12.8 Å². The van der Waals surface area contributed by atoms with E-state index >= 15 is 0 Å². The van der Waals surface area contributed by atoms with Gasteiger partial charge < -0.3 is 18.9 Å². The van der Waals surface area contributed by atoms with Crippen molar-refractivity contribution in [2.24, 2.45) is 0 Å². The maximum Gasteiger partial charge on any atom is 0.145 e. The minimum absolute atomic E-state index is 0.535. The van der Waals surface area contributed by atoms with Gasteiger partial charge in [-0.1, -0.05) is 59.3 Å². The van der Waals surface area contributed by atoms with Gasteiger partial charge in [0.2, 0.25) is 0 Å². The zero-order valence-corrected chi connectivity index (χ0v) is 35.3. The van der Waals surface area contributed by atoms with Gasteiger partial charge in [0.1, 0.15) is 3.14 Å². The minimum atomic E-state index is 0.535. The van der Waals surface area contributed by atoms with E-state index < -0.39 is 0 Å². The largest absolute Gasteiger partial charge is 0.378 e. The lowest BCUT2D eigenvalue weighted by atomic mass is 10.6. The first-order valence-corrected chi connectivity index (χ1v) is 25.3. The summed E-state index contributed by atoms with van der Waals surface area (Å²) in [7, 11) is 0. The fraction of sp³-hybridized carbons (Fsp3) is 0.593. The summed E-state index contributed by atoms with van der Waals surface area (Å²) in [6.45, 7) is 5.02. The molecule has 0 radical (unpaired) electrons. The van der Waals surface area contributed by atoms with Gasteiger partial charge in [-0.3, -0.25) is 0 Å². The SMILES string of the molecule is N#CCCSC1=C2SCCOCCOCCSc3sc(=S)sc3SCCOCCOCCSC3=C(SCCC#N)S/C(=C(\S1)S2)S3. The van der Waals surface area contributed by atoms with Crippen molar-refractivity contribution in [3.8, 4) is 12.1 Å². The zero-order valence-electron chi connectivity index (χ0n) is 24.6. The molecule has 4 heterocycles. The smallest absolute Gasteiger partial charge is 0.145 e. The third-order valence-electron chi connectivity index (χ3n) is 5.24. The summed E-state index contributed by atoms with van der Waals surface area (Å²) in [4.78, 5) is 0. The van der Waals surface area contributed by atoms with Gasteiger partial charge in [0, 0.05) is 47.4 Å². The lowest BCUT2D eigenvalue weighted by Crippen LogP contribution is -2.08. The summed E-state index contributed by atoms with van der Waals surface area (Å²) in [5.41, 5.74) is 0. The van der Waals surface area contributed by atoms with Crippen LogP contribution in [0.2, 0.25) is 0 Å². The summed E-state index contributed by atoms with van der Waals surface area (Å²) in [6, 6.07) is 4.54. The average Bonchev–Trinajstić information content (AvgIpc) is 3.75. The average molecular weight is 865 g/mol. The Morgan fingerprint density at radius 2 is 0.935 bits per heavy atom. The molecule has 1 aromatic heterocycles. The molecule has 0 N–H and O–H groups in total. The first kappa shape index (κ1) is 40.6. The standard InChI is InChI=1S/C27H32N2O4S13/c28-3-1-13-35-19-21-37-15-9-30-5-7-32-11-17-39-23-24(46-27(34)45-23)40-18-12-33-8-6-31-10-16-38-22-20(36-14-2-4-29)42-26(44-22)25(41-19)43-21/h1-2,5-18H2/b26-25-. The van der Waals surface area contributed by atoms with E-state index in [9.17, 15) is 0 Å². The van der Waals surface area contributed by atoms with Crippen LogP contribution in [0.25, 0.3) is 0 Å². The van der Waals surface area contributed by atoms with Crippen LogP contribution < -0.4 is 0 Å². The van der Waals surface area contributed by atoms with Gasteiger partial charge in [-0.05, 0) is 0 Å². The van der Waals surface area contributed by atoms with Gasteiger partial charge in [-0.25, -0.2) is 0 Å². The summed E-state index contributed by atoms with van der Waals surface area (Å²) < 4.78 is 34.7. The van der Waals surface area contributed by atoms with Crippen molar-refractivity contribution in [1.29, 1.82) is 10.5 Å². The van der Waals surface area contributed by atoms with E-state index in [0.717, 1.165) is 37.7 Å². The number of nitrogens with zero attached hydrogens (tertiary/aromatic N) is 2. The molecular weight excluding hydrogens is 833 g/mol. The Morgan fingerprint density at radius 1 is 0.543 bits per heavy atom. The highest BCUT2D eigenvalue weighted by Crippen LogP contribution is 2.66. The molecule has 0 aliphatic carbocycles. The van der Waals surface area contributed by atoms with Crippen LogP contribution in [-0.4, -0.2) is 87.4 Å². The number of rotatable bonds is 6. The molecule has 0 aromatic carbocycles. The lowest BCUT2D eigenvalue weighted by Gasteiger charge is -2.08. The van der Waals surface area contributed by atoms with E-state index in [1.165, 1.54) is 33.8 Å². The molecule has 1 aromatic rings. The number of nitriles is 2. The van der Waals surface area contributed by atoms with E-state index in [1.54, 1.807) is 46.2 Å². The first-order chi connectivity index (χ1) is 22.7. The minimum Gasteiger partial charge on any atom is -0.378 e. The van der Waals surface area contributed by atoms with Gasteiger partial charge in [0.05, 0.1) is 98.8 Å². The molecule has 0 fully saturated rings. The lowest BCUT2D eigenvalue weighted by molar-refractivity contribution is 0.0605. The molecule has 0 amide bonds. The second-order valence-electron chi connectivity index (χ2n) is 8.52. The fourth-order valence-electron chi connectivity index (χ4n) is 3.29. The quantitative estimate of drug-likeness (QED) is 0.201. The van der Waals surface area contributed by atoms with Crippen molar-refractivity contribution < 1.29 is 18.9 Å². The molecule has 6 nitrogen and oxygen atoms in total. The summed E-state index contributed by atoms with van der Waals surface area (Å²) in [5.74, 6) is 5.09. The number of hydrogen-bond acceptors (Lipinski definition) is 19. The van der Waals surface area contributed by atoms with E-state index in [1.807, 2.05) is 94.1 Å². The van der Waals surface area contributed by atoms with Crippen LogP contribution in [0, 0.1) is 25.8 Å². The molecule has 3 aliphatic heterocycles. The summed E-state index contributed by atoms with van der Waals surface area (Å²) >= 11 is 27.0. The van der Waals surface area contributed by atoms with E-state index in [2.05, 4.69) is 12.1 Å². The van der Waals surface area contributed by atoms with Crippen LogP contribution in [0.5, 0.6) is 0 Å². The van der Waals surface area contributed by atoms with Gasteiger partial charge in [-0.2, -0.15) is 10.5 Å². The second-order valence-corrected chi connectivity index (χ2v) is 24.5. The van der Waals surface area contributed by atoms with Crippen molar-refractivity contribution in [2.45, 2.75) is 21.3 Å². The maximum absolute atomic E-state index is 9.09. The molecule has 252 valence electrons. The van der Waals surface area contributed by atoms with Crippen molar-refractivity contribution in [2.75, 3.05) is 87.4 Å². The molecule has 46 heavy (non-hydrogen) atoms. The molecule has 4 rings (SSSR count). The first-order valence-electron chi connectivity index (χ1n) is 14.1. The second kappa shape index (κ2) is 24.9. The summed E-state index contributed by atoms with van der Waals surface area (Å²) in [5, 5.41) is 18.2. The Balaban J connectivity index is 1.35. The van der Waals surface area contributed by atoms with Crippen LogP contribution >= 0.6 is 153 Å². The van der Waals surface area contributed by atoms with Gasteiger partial charge in [0.25, 0.3) is 0 Å². The highest BCUT2D eigenvalue weighted by atomic mass is 32.3. The Morgan fingerprint density at radius 3 is 1.33 bits per heavy atom. The Bertz CT molecular complexity index is 1250. The van der Waals surface area contributed by atoms with E-state index in [0.29, 0.717) is 65.7 Å². The monoisotopic (exact) mass is 864 g/mol. The van der Waals surface area contributed by atoms with Crippen molar-refractivity contribution >= 4 is 153 Å². The zero-order chi connectivity index (χ0) is 32.2. The van der Waals surface area contributed by atoms with E-state index in [4.69, 9.17) is 41.7 Å². The third-order valence-corrected chi connectivity index (χ3v) is 22.3. The van der Waals surface area contributed by atoms with Crippen LogP contribution in [0.15, 0.2) is 33.8 Å². The van der Waals surface area contributed by atoms with Gasteiger partial charge >= 0.3 is 0 Å².